The molecule has 0 radical (unpaired) electrons. The number of isocyanates is 1. The Kier molecular flexibility index (Phi) is 2.93. The molecule has 0 saturated heterocycles. The van der Waals surface area contributed by atoms with E-state index < -0.39 is 0 Å². The first kappa shape index (κ1) is 11.1. The molecule has 1 aromatic rings. The van der Waals surface area contributed by atoms with E-state index in [0.717, 1.165) is 24.8 Å². The normalized spacial score (nSPS) is 16.9. The lowest BCUT2D eigenvalue weighted by molar-refractivity contribution is 0.556. The summed E-state index contributed by atoms with van der Waals surface area (Å²) in [6.45, 7) is 4.43. The number of rotatable bonds is 4. The second-order valence-corrected chi connectivity index (χ2v) is 5.03. The highest BCUT2D eigenvalue weighted by molar-refractivity contribution is 5.41. The Balaban J connectivity index is 2.16. The zero-order chi connectivity index (χ0) is 11.6. The van der Waals surface area contributed by atoms with Crippen LogP contribution in [0.4, 0.5) is 0 Å². The molecule has 1 aromatic carbocycles. The quantitative estimate of drug-likeness (QED) is 0.560. The Morgan fingerprint density at radius 2 is 1.94 bits per heavy atom. The molecule has 2 heteroatoms. The molecular weight excluding hydrogens is 198 g/mol. The predicted molar refractivity (Wildman–Crippen MR) is 64.0 cm³/mol. The van der Waals surface area contributed by atoms with Gasteiger partial charge in [0.05, 0.1) is 5.54 Å². The standard InChI is InChI=1S/C14H17NO/c1-11(2)9-12-3-5-13(6-4-12)14(7-8-14)15-10-16/h3-6,11H,7-9H2,1-2H3. The van der Waals surface area contributed by atoms with Crippen molar-refractivity contribution in [3.05, 3.63) is 35.4 Å². The molecule has 0 aliphatic heterocycles. The van der Waals surface area contributed by atoms with Crippen LogP contribution >= 0.6 is 0 Å². The van der Waals surface area contributed by atoms with Crippen LogP contribution in [0.1, 0.15) is 37.8 Å². The summed E-state index contributed by atoms with van der Waals surface area (Å²) >= 11 is 0. The van der Waals surface area contributed by atoms with E-state index >= 15 is 0 Å². The predicted octanol–water partition coefficient (Wildman–Crippen LogP) is 3.21. The lowest BCUT2D eigenvalue weighted by Gasteiger charge is -2.10. The summed E-state index contributed by atoms with van der Waals surface area (Å²) in [6.07, 6.45) is 4.75. The average molecular weight is 215 g/mol. The van der Waals surface area contributed by atoms with Gasteiger partial charge in [0.1, 0.15) is 0 Å². The van der Waals surface area contributed by atoms with Crippen LogP contribution in [0.2, 0.25) is 0 Å². The minimum Gasteiger partial charge on any atom is -0.211 e. The third kappa shape index (κ3) is 2.23. The second-order valence-electron chi connectivity index (χ2n) is 5.03. The SMILES string of the molecule is CC(C)Cc1ccc(C2(N=C=O)CC2)cc1. The smallest absolute Gasteiger partial charge is 0.211 e. The number of hydrogen-bond donors (Lipinski definition) is 0. The number of aliphatic imine (C=N–C) groups is 1. The van der Waals surface area contributed by atoms with Crippen LogP contribution in [0.15, 0.2) is 29.3 Å². The van der Waals surface area contributed by atoms with E-state index in [2.05, 4.69) is 43.1 Å². The molecule has 0 unspecified atom stereocenters. The fourth-order valence-electron chi connectivity index (χ4n) is 2.09. The first-order valence-electron chi connectivity index (χ1n) is 5.85. The van der Waals surface area contributed by atoms with Gasteiger partial charge in [-0.2, -0.15) is 4.99 Å². The molecule has 16 heavy (non-hydrogen) atoms. The van der Waals surface area contributed by atoms with Crippen molar-refractivity contribution < 1.29 is 4.79 Å². The molecule has 1 aliphatic carbocycles. The van der Waals surface area contributed by atoms with Gasteiger partial charge in [0, 0.05) is 0 Å². The van der Waals surface area contributed by atoms with Gasteiger partial charge < -0.3 is 0 Å². The molecular formula is C14H17NO. The monoisotopic (exact) mass is 215 g/mol. The van der Waals surface area contributed by atoms with Crippen molar-refractivity contribution in [3.63, 3.8) is 0 Å². The van der Waals surface area contributed by atoms with Crippen LogP contribution < -0.4 is 0 Å². The molecule has 1 aliphatic rings. The van der Waals surface area contributed by atoms with Crippen LogP contribution in [0.3, 0.4) is 0 Å². The van der Waals surface area contributed by atoms with Gasteiger partial charge in [0.15, 0.2) is 0 Å². The summed E-state index contributed by atoms with van der Waals surface area (Å²) in [5, 5.41) is 0. The van der Waals surface area contributed by atoms with E-state index in [1.807, 2.05) is 0 Å². The highest BCUT2D eigenvalue weighted by Gasteiger charge is 2.44. The van der Waals surface area contributed by atoms with E-state index in [-0.39, 0.29) is 5.54 Å². The Hall–Kier alpha value is -1.40. The fourth-order valence-corrected chi connectivity index (χ4v) is 2.09. The Morgan fingerprint density at radius 1 is 1.31 bits per heavy atom. The van der Waals surface area contributed by atoms with Gasteiger partial charge in [-0.15, -0.1) is 0 Å². The molecule has 0 spiro atoms. The number of carbonyl (C=O) groups excluding carboxylic acids is 1. The first-order chi connectivity index (χ1) is 7.66. The van der Waals surface area contributed by atoms with E-state index in [1.54, 1.807) is 6.08 Å². The summed E-state index contributed by atoms with van der Waals surface area (Å²) < 4.78 is 0. The van der Waals surface area contributed by atoms with Gasteiger partial charge in [-0.25, -0.2) is 4.79 Å². The highest BCUT2D eigenvalue weighted by Crippen LogP contribution is 2.49. The molecule has 0 heterocycles. The second kappa shape index (κ2) is 4.23. The minimum absolute atomic E-state index is 0.224. The van der Waals surface area contributed by atoms with Crippen molar-refractivity contribution in [2.75, 3.05) is 0 Å². The molecule has 0 bridgehead atoms. The van der Waals surface area contributed by atoms with Gasteiger partial charge in [-0.1, -0.05) is 38.1 Å². The topological polar surface area (TPSA) is 29.4 Å². The van der Waals surface area contributed by atoms with Gasteiger partial charge in [-0.3, -0.25) is 0 Å². The van der Waals surface area contributed by atoms with Gasteiger partial charge in [0.2, 0.25) is 6.08 Å². The van der Waals surface area contributed by atoms with Crippen molar-refractivity contribution in [2.45, 2.75) is 38.6 Å². The zero-order valence-corrected chi connectivity index (χ0v) is 9.86. The van der Waals surface area contributed by atoms with Crippen molar-refractivity contribution in [1.29, 1.82) is 0 Å². The summed E-state index contributed by atoms with van der Waals surface area (Å²) in [6, 6.07) is 8.50. The van der Waals surface area contributed by atoms with E-state index in [0.29, 0.717) is 5.92 Å². The van der Waals surface area contributed by atoms with Crippen molar-refractivity contribution >= 4 is 6.08 Å². The van der Waals surface area contributed by atoms with E-state index in [4.69, 9.17) is 0 Å². The number of benzene rings is 1. The van der Waals surface area contributed by atoms with Gasteiger partial charge >= 0.3 is 0 Å². The molecule has 0 N–H and O–H groups in total. The molecule has 2 nitrogen and oxygen atoms in total. The van der Waals surface area contributed by atoms with Crippen LogP contribution in [0.5, 0.6) is 0 Å². The zero-order valence-electron chi connectivity index (χ0n) is 9.86. The number of nitrogens with zero attached hydrogens (tertiary/aromatic N) is 1. The summed E-state index contributed by atoms with van der Waals surface area (Å²) in [5.41, 5.74) is 2.28. The fraction of sp³-hybridized carbons (Fsp3) is 0.500. The minimum atomic E-state index is -0.224. The highest BCUT2D eigenvalue weighted by atomic mass is 16.1. The Morgan fingerprint density at radius 3 is 2.38 bits per heavy atom. The van der Waals surface area contributed by atoms with Crippen LogP contribution in [0.25, 0.3) is 0 Å². The lowest BCUT2D eigenvalue weighted by atomic mass is 9.99. The number of hydrogen-bond acceptors (Lipinski definition) is 2. The maximum Gasteiger partial charge on any atom is 0.235 e. The maximum absolute atomic E-state index is 10.4. The molecule has 2 rings (SSSR count). The van der Waals surface area contributed by atoms with Crippen molar-refractivity contribution in [2.24, 2.45) is 10.9 Å². The van der Waals surface area contributed by atoms with Crippen LogP contribution in [-0.4, -0.2) is 6.08 Å². The average Bonchev–Trinajstić information content (AvgIpc) is 2.99. The first-order valence-corrected chi connectivity index (χ1v) is 5.85. The van der Waals surface area contributed by atoms with Gasteiger partial charge in [0.25, 0.3) is 0 Å². The largest absolute Gasteiger partial charge is 0.235 e. The summed E-state index contributed by atoms with van der Waals surface area (Å²) in [5.74, 6) is 0.675. The van der Waals surface area contributed by atoms with Crippen LogP contribution in [0, 0.1) is 5.92 Å². The van der Waals surface area contributed by atoms with Crippen molar-refractivity contribution in [3.8, 4) is 0 Å². The van der Waals surface area contributed by atoms with Crippen molar-refractivity contribution in [1.82, 2.24) is 0 Å². The summed E-state index contributed by atoms with van der Waals surface area (Å²) in [4.78, 5) is 14.3. The Bertz CT molecular complexity index is 409. The molecule has 1 saturated carbocycles. The van der Waals surface area contributed by atoms with E-state index in [1.165, 1.54) is 5.56 Å². The van der Waals surface area contributed by atoms with Crippen LogP contribution in [-0.2, 0) is 16.8 Å². The molecule has 0 atom stereocenters. The molecule has 0 aromatic heterocycles. The van der Waals surface area contributed by atoms with Gasteiger partial charge in [-0.05, 0) is 36.3 Å². The lowest BCUT2D eigenvalue weighted by Crippen LogP contribution is -2.02. The van der Waals surface area contributed by atoms with E-state index in [9.17, 15) is 4.79 Å². The maximum atomic E-state index is 10.4. The third-order valence-corrected chi connectivity index (χ3v) is 3.12. The molecule has 84 valence electrons. The molecule has 0 amide bonds. The third-order valence-electron chi connectivity index (χ3n) is 3.12. The molecule has 1 fully saturated rings. The Labute approximate surface area is 96.4 Å². The summed E-state index contributed by atoms with van der Waals surface area (Å²) in [7, 11) is 0.